The number of piperidine rings is 1. The Morgan fingerprint density at radius 2 is 2.15 bits per heavy atom. The van der Waals surface area contributed by atoms with E-state index < -0.39 is 0 Å². The first-order chi connectivity index (χ1) is 6.29. The first-order valence-electron chi connectivity index (χ1n) is 5.29. The molecular formula is C10H20N2O. The van der Waals surface area contributed by atoms with Gasteiger partial charge in [-0.25, -0.2) is 0 Å². The number of amides is 1. The molecule has 1 saturated heterocycles. The zero-order valence-corrected chi connectivity index (χ0v) is 8.68. The first kappa shape index (κ1) is 10.5. The fourth-order valence-electron chi connectivity index (χ4n) is 1.86. The SMILES string of the molecule is CCN(CC)C(=O)[C@H]1CCCNC1. The van der Waals surface area contributed by atoms with Crippen molar-refractivity contribution in [3.8, 4) is 0 Å². The highest BCUT2D eigenvalue weighted by Gasteiger charge is 2.23. The number of nitrogens with one attached hydrogen (secondary N) is 1. The molecule has 3 heteroatoms. The Morgan fingerprint density at radius 3 is 2.62 bits per heavy atom. The predicted octanol–water partition coefficient (Wildman–Crippen LogP) is 0.854. The van der Waals surface area contributed by atoms with Gasteiger partial charge in [-0.2, -0.15) is 0 Å². The molecule has 1 aliphatic rings. The van der Waals surface area contributed by atoms with Crippen LogP contribution in [0.15, 0.2) is 0 Å². The van der Waals surface area contributed by atoms with Crippen molar-refractivity contribution in [2.75, 3.05) is 26.2 Å². The highest BCUT2D eigenvalue weighted by atomic mass is 16.2. The van der Waals surface area contributed by atoms with Crippen LogP contribution in [0, 0.1) is 5.92 Å². The maximum atomic E-state index is 11.8. The molecule has 1 N–H and O–H groups in total. The van der Waals surface area contributed by atoms with E-state index >= 15 is 0 Å². The third-order valence-corrected chi connectivity index (χ3v) is 2.72. The Labute approximate surface area is 80.5 Å². The van der Waals surface area contributed by atoms with Gasteiger partial charge in [-0.15, -0.1) is 0 Å². The smallest absolute Gasteiger partial charge is 0.226 e. The lowest BCUT2D eigenvalue weighted by molar-refractivity contribution is -0.135. The summed E-state index contributed by atoms with van der Waals surface area (Å²) in [5, 5.41) is 3.27. The van der Waals surface area contributed by atoms with Crippen LogP contribution in [0.5, 0.6) is 0 Å². The number of hydrogen-bond donors (Lipinski definition) is 1. The second-order valence-electron chi connectivity index (χ2n) is 3.55. The van der Waals surface area contributed by atoms with E-state index in [4.69, 9.17) is 0 Å². The van der Waals surface area contributed by atoms with E-state index in [9.17, 15) is 4.79 Å². The van der Waals surface area contributed by atoms with Crippen molar-refractivity contribution in [3.63, 3.8) is 0 Å². The number of nitrogens with zero attached hydrogens (tertiary/aromatic N) is 1. The van der Waals surface area contributed by atoms with Gasteiger partial charge in [0.15, 0.2) is 0 Å². The number of carbonyl (C=O) groups excluding carboxylic acids is 1. The van der Waals surface area contributed by atoms with E-state index in [0.717, 1.165) is 39.0 Å². The molecule has 1 heterocycles. The van der Waals surface area contributed by atoms with Crippen LogP contribution >= 0.6 is 0 Å². The molecule has 1 aliphatic heterocycles. The molecule has 1 fully saturated rings. The summed E-state index contributed by atoms with van der Waals surface area (Å²) in [7, 11) is 0. The average molecular weight is 184 g/mol. The van der Waals surface area contributed by atoms with E-state index in [0.29, 0.717) is 5.91 Å². The molecule has 0 aromatic heterocycles. The summed E-state index contributed by atoms with van der Waals surface area (Å²) in [4.78, 5) is 13.8. The van der Waals surface area contributed by atoms with Gasteiger partial charge in [-0.1, -0.05) is 0 Å². The molecule has 0 saturated carbocycles. The quantitative estimate of drug-likeness (QED) is 0.705. The molecular weight excluding hydrogens is 164 g/mol. The van der Waals surface area contributed by atoms with Gasteiger partial charge < -0.3 is 10.2 Å². The lowest BCUT2D eigenvalue weighted by atomic mass is 9.98. The monoisotopic (exact) mass is 184 g/mol. The summed E-state index contributed by atoms with van der Waals surface area (Å²) >= 11 is 0. The third-order valence-electron chi connectivity index (χ3n) is 2.72. The molecule has 1 amide bonds. The number of hydrogen-bond acceptors (Lipinski definition) is 2. The van der Waals surface area contributed by atoms with Gasteiger partial charge in [0.1, 0.15) is 0 Å². The van der Waals surface area contributed by atoms with Gasteiger partial charge in [0.25, 0.3) is 0 Å². The molecule has 0 spiro atoms. The fourth-order valence-corrected chi connectivity index (χ4v) is 1.86. The topological polar surface area (TPSA) is 32.3 Å². The van der Waals surface area contributed by atoms with Gasteiger partial charge in [-0.3, -0.25) is 4.79 Å². The minimum Gasteiger partial charge on any atom is -0.343 e. The molecule has 0 aliphatic carbocycles. The number of carbonyl (C=O) groups is 1. The largest absolute Gasteiger partial charge is 0.343 e. The molecule has 76 valence electrons. The van der Waals surface area contributed by atoms with Crippen LogP contribution in [-0.4, -0.2) is 37.0 Å². The second kappa shape index (κ2) is 5.22. The van der Waals surface area contributed by atoms with Crippen molar-refractivity contribution < 1.29 is 4.79 Å². The normalized spacial score (nSPS) is 22.8. The third kappa shape index (κ3) is 2.69. The van der Waals surface area contributed by atoms with Crippen molar-refractivity contribution in [2.24, 2.45) is 5.92 Å². The van der Waals surface area contributed by atoms with Crippen LogP contribution in [0.1, 0.15) is 26.7 Å². The van der Waals surface area contributed by atoms with Crippen molar-refractivity contribution in [2.45, 2.75) is 26.7 Å². The van der Waals surface area contributed by atoms with Crippen LogP contribution in [0.25, 0.3) is 0 Å². The van der Waals surface area contributed by atoms with E-state index in [2.05, 4.69) is 5.32 Å². The van der Waals surface area contributed by atoms with Gasteiger partial charge >= 0.3 is 0 Å². The Bertz CT molecular complexity index is 160. The number of rotatable bonds is 3. The van der Waals surface area contributed by atoms with Crippen molar-refractivity contribution in [3.05, 3.63) is 0 Å². The van der Waals surface area contributed by atoms with Crippen LogP contribution in [0.2, 0.25) is 0 Å². The van der Waals surface area contributed by atoms with Crippen molar-refractivity contribution in [1.29, 1.82) is 0 Å². The minimum atomic E-state index is 0.230. The molecule has 0 bridgehead atoms. The van der Waals surface area contributed by atoms with Gasteiger partial charge in [0, 0.05) is 19.6 Å². The summed E-state index contributed by atoms with van der Waals surface area (Å²) in [6, 6.07) is 0. The van der Waals surface area contributed by atoms with Gasteiger partial charge in [0.2, 0.25) is 5.91 Å². The zero-order chi connectivity index (χ0) is 9.68. The van der Waals surface area contributed by atoms with Crippen LogP contribution < -0.4 is 5.32 Å². The average Bonchev–Trinajstić information content (AvgIpc) is 2.21. The van der Waals surface area contributed by atoms with E-state index in [1.807, 2.05) is 18.7 Å². The maximum Gasteiger partial charge on any atom is 0.226 e. The molecule has 0 unspecified atom stereocenters. The highest BCUT2D eigenvalue weighted by molar-refractivity contribution is 5.79. The molecule has 3 nitrogen and oxygen atoms in total. The fraction of sp³-hybridized carbons (Fsp3) is 0.900. The Morgan fingerprint density at radius 1 is 1.46 bits per heavy atom. The second-order valence-corrected chi connectivity index (χ2v) is 3.55. The van der Waals surface area contributed by atoms with Gasteiger partial charge in [0.05, 0.1) is 5.92 Å². The Hall–Kier alpha value is -0.570. The molecule has 0 aromatic rings. The summed E-state index contributed by atoms with van der Waals surface area (Å²) in [6.07, 6.45) is 2.19. The minimum absolute atomic E-state index is 0.230. The lowest BCUT2D eigenvalue weighted by Gasteiger charge is -2.27. The van der Waals surface area contributed by atoms with Crippen molar-refractivity contribution >= 4 is 5.91 Å². The van der Waals surface area contributed by atoms with E-state index in [1.54, 1.807) is 0 Å². The van der Waals surface area contributed by atoms with E-state index in [1.165, 1.54) is 0 Å². The summed E-state index contributed by atoms with van der Waals surface area (Å²) in [6.45, 7) is 7.70. The first-order valence-corrected chi connectivity index (χ1v) is 5.29. The maximum absolute atomic E-state index is 11.8. The molecule has 0 radical (unpaired) electrons. The highest BCUT2D eigenvalue weighted by Crippen LogP contribution is 2.12. The van der Waals surface area contributed by atoms with Crippen molar-refractivity contribution in [1.82, 2.24) is 10.2 Å². The van der Waals surface area contributed by atoms with Gasteiger partial charge in [-0.05, 0) is 33.2 Å². The predicted molar refractivity (Wildman–Crippen MR) is 53.5 cm³/mol. The molecule has 1 atom stereocenters. The summed E-state index contributed by atoms with van der Waals surface area (Å²) in [5.41, 5.74) is 0. The molecule has 1 rings (SSSR count). The molecule has 13 heavy (non-hydrogen) atoms. The summed E-state index contributed by atoms with van der Waals surface area (Å²) in [5.74, 6) is 0.561. The standard InChI is InChI=1S/C10H20N2O/c1-3-12(4-2)10(13)9-6-5-7-11-8-9/h9,11H,3-8H2,1-2H3/t9-/m0/s1. The van der Waals surface area contributed by atoms with Crippen LogP contribution in [0.4, 0.5) is 0 Å². The lowest BCUT2D eigenvalue weighted by Crippen LogP contribution is -2.42. The summed E-state index contributed by atoms with van der Waals surface area (Å²) < 4.78 is 0. The van der Waals surface area contributed by atoms with Crippen LogP contribution in [0.3, 0.4) is 0 Å². The van der Waals surface area contributed by atoms with E-state index in [-0.39, 0.29) is 5.92 Å². The molecule has 0 aromatic carbocycles. The Kier molecular flexibility index (Phi) is 4.22. The zero-order valence-electron chi connectivity index (χ0n) is 8.68. The Balaban J connectivity index is 2.44. The van der Waals surface area contributed by atoms with Crippen LogP contribution in [-0.2, 0) is 4.79 Å².